The smallest absolute Gasteiger partial charge is 0.333 e. The average molecular weight is 417 g/mol. The van der Waals surface area contributed by atoms with Crippen LogP contribution in [0.3, 0.4) is 0 Å². The van der Waals surface area contributed by atoms with Gasteiger partial charge in [-0.05, 0) is 76.0 Å². The summed E-state index contributed by atoms with van der Waals surface area (Å²) in [5.41, 5.74) is 2.44. The normalized spacial score (nSPS) is 31.8. The summed E-state index contributed by atoms with van der Waals surface area (Å²) in [7, 11) is 0. The highest BCUT2D eigenvalue weighted by Crippen LogP contribution is 2.52. The van der Waals surface area contributed by atoms with Crippen LogP contribution in [0.5, 0.6) is 0 Å². The summed E-state index contributed by atoms with van der Waals surface area (Å²) in [6.45, 7) is 17.9. The third-order valence-corrected chi connectivity index (χ3v) is 6.81. The summed E-state index contributed by atoms with van der Waals surface area (Å²) in [5, 5.41) is 0. The van der Waals surface area contributed by atoms with E-state index in [1.165, 1.54) is 12.0 Å². The molecule has 3 aliphatic rings. The molecule has 0 amide bonds. The Balaban J connectivity index is 0.00000155. The van der Waals surface area contributed by atoms with Crippen LogP contribution in [0, 0.1) is 29.1 Å². The van der Waals surface area contributed by atoms with Crippen LogP contribution in [-0.2, 0) is 19.1 Å². The van der Waals surface area contributed by atoms with Crippen LogP contribution in [0.4, 0.5) is 0 Å². The first-order valence-electron chi connectivity index (χ1n) is 11.5. The monoisotopic (exact) mass is 416 g/mol. The zero-order chi connectivity index (χ0) is 22.5. The number of carbonyl (C=O) groups excluding carboxylic acids is 2. The third kappa shape index (κ3) is 6.09. The quantitative estimate of drug-likeness (QED) is 0.301. The Bertz CT molecular complexity index is 704. The van der Waals surface area contributed by atoms with Gasteiger partial charge in [-0.15, -0.1) is 0 Å². The zero-order valence-electron chi connectivity index (χ0n) is 19.6. The van der Waals surface area contributed by atoms with Gasteiger partial charge in [-0.2, -0.15) is 0 Å². The molecular formula is C26H40O4. The summed E-state index contributed by atoms with van der Waals surface area (Å²) < 4.78 is 11.0. The van der Waals surface area contributed by atoms with E-state index in [0.29, 0.717) is 48.0 Å². The molecule has 0 aromatic heterocycles. The highest BCUT2D eigenvalue weighted by molar-refractivity contribution is 5.87. The van der Waals surface area contributed by atoms with Crippen molar-refractivity contribution in [3.05, 3.63) is 36.0 Å². The minimum atomic E-state index is -0.291. The van der Waals surface area contributed by atoms with E-state index in [1.807, 2.05) is 13.8 Å². The standard InChI is InChI=1S/C24H34O4.C2H6/c1-15(2)22(25)27-13-17-8-19-11-20(9-17)21-10-18(19)6-7-24(5,12-21)14-28-23(26)16(3)4;1-2/h10,17-20H,1,3,6-9,11-14H2,2,4-5H3;1-2H3. The van der Waals surface area contributed by atoms with Gasteiger partial charge in [0.1, 0.15) is 0 Å². The minimum absolute atomic E-state index is 0.00884. The maximum atomic E-state index is 11.9. The molecule has 168 valence electrons. The Morgan fingerprint density at radius 3 is 2.33 bits per heavy atom. The van der Waals surface area contributed by atoms with E-state index in [2.05, 4.69) is 26.2 Å². The summed E-state index contributed by atoms with van der Waals surface area (Å²) in [6, 6.07) is 0. The van der Waals surface area contributed by atoms with Crippen LogP contribution in [0.2, 0.25) is 0 Å². The Kier molecular flexibility index (Phi) is 8.52. The second-order valence-electron chi connectivity index (χ2n) is 9.70. The molecule has 3 aliphatic carbocycles. The van der Waals surface area contributed by atoms with Crippen molar-refractivity contribution in [3.63, 3.8) is 0 Å². The molecule has 4 nitrogen and oxygen atoms in total. The molecule has 0 aromatic carbocycles. The largest absolute Gasteiger partial charge is 0.462 e. The van der Waals surface area contributed by atoms with Gasteiger partial charge in [-0.25, -0.2) is 9.59 Å². The number of allylic oxidation sites excluding steroid dienone is 2. The first-order valence-corrected chi connectivity index (χ1v) is 11.5. The lowest BCUT2D eigenvalue weighted by atomic mass is 9.63. The van der Waals surface area contributed by atoms with Gasteiger partial charge in [0.05, 0.1) is 13.2 Å². The minimum Gasteiger partial charge on any atom is -0.462 e. The fourth-order valence-electron chi connectivity index (χ4n) is 5.24. The Morgan fingerprint density at radius 1 is 1.07 bits per heavy atom. The predicted octanol–water partition coefficient (Wildman–Crippen LogP) is 6.03. The van der Waals surface area contributed by atoms with Crippen molar-refractivity contribution in [2.45, 2.75) is 73.1 Å². The van der Waals surface area contributed by atoms with E-state index in [-0.39, 0.29) is 17.4 Å². The van der Waals surface area contributed by atoms with Gasteiger partial charge >= 0.3 is 11.9 Å². The van der Waals surface area contributed by atoms with Gasteiger partial charge in [0, 0.05) is 16.6 Å². The lowest BCUT2D eigenvalue weighted by Crippen LogP contribution is -2.34. The van der Waals surface area contributed by atoms with E-state index < -0.39 is 0 Å². The Labute approximate surface area is 182 Å². The van der Waals surface area contributed by atoms with Crippen LogP contribution in [0.15, 0.2) is 36.0 Å². The van der Waals surface area contributed by atoms with Gasteiger partial charge in [0.25, 0.3) is 0 Å². The molecule has 0 N–H and O–H groups in total. The number of esters is 2. The van der Waals surface area contributed by atoms with Crippen molar-refractivity contribution in [2.75, 3.05) is 13.2 Å². The molecule has 5 atom stereocenters. The molecule has 0 spiro atoms. The van der Waals surface area contributed by atoms with E-state index in [1.54, 1.807) is 13.8 Å². The van der Waals surface area contributed by atoms with Crippen LogP contribution >= 0.6 is 0 Å². The zero-order valence-corrected chi connectivity index (χ0v) is 19.6. The summed E-state index contributed by atoms with van der Waals surface area (Å²) in [4.78, 5) is 23.6. The molecule has 0 aromatic rings. The molecule has 3 rings (SSSR count). The highest BCUT2D eigenvalue weighted by Gasteiger charge is 2.43. The summed E-state index contributed by atoms with van der Waals surface area (Å²) in [6.07, 6.45) is 9.20. The van der Waals surface area contributed by atoms with Gasteiger partial charge in [0.15, 0.2) is 0 Å². The van der Waals surface area contributed by atoms with Crippen molar-refractivity contribution in [1.82, 2.24) is 0 Å². The molecule has 0 saturated heterocycles. The Morgan fingerprint density at radius 2 is 1.70 bits per heavy atom. The molecule has 30 heavy (non-hydrogen) atoms. The van der Waals surface area contributed by atoms with Crippen LogP contribution in [0.1, 0.15) is 73.1 Å². The molecule has 0 aliphatic heterocycles. The molecule has 0 heterocycles. The number of carbonyl (C=O) groups is 2. The van der Waals surface area contributed by atoms with E-state index in [9.17, 15) is 9.59 Å². The van der Waals surface area contributed by atoms with E-state index >= 15 is 0 Å². The first kappa shape index (κ1) is 24.4. The van der Waals surface area contributed by atoms with Crippen molar-refractivity contribution in [3.8, 4) is 0 Å². The average Bonchev–Trinajstić information content (AvgIpc) is 2.88. The fraction of sp³-hybridized carbons (Fsp3) is 0.692. The number of hydrogen-bond acceptors (Lipinski definition) is 4. The van der Waals surface area contributed by atoms with Gasteiger partial charge in [-0.1, -0.05) is 45.6 Å². The predicted molar refractivity (Wildman–Crippen MR) is 121 cm³/mol. The number of hydrogen-bond donors (Lipinski definition) is 0. The highest BCUT2D eigenvalue weighted by atomic mass is 16.5. The number of ether oxygens (including phenoxy) is 2. The lowest BCUT2D eigenvalue weighted by Gasteiger charge is -2.42. The molecule has 1 fully saturated rings. The fourth-order valence-corrected chi connectivity index (χ4v) is 5.24. The number of rotatable bonds is 6. The lowest BCUT2D eigenvalue weighted by molar-refractivity contribution is -0.142. The molecular weight excluding hydrogens is 376 g/mol. The molecule has 0 radical (unpaired) electrons. The number of fused-ring (bicyclic) bond motifs is 5. The third-order valence-electron chi connectivity index (χ3n) is 6.81. The van der Waals surface area contributed by atoms with Crippen LogP contribution in [0.25, 0.3) is 0 Å². The molecule has 5 unspecified atom stereocenters. The summed E-state index contributed by atoms with van der Waals surface area (Å²) >= 11 is 0. The van der Waals surface area contributed by atoms with Gasteiger partial charge < -0.3 is 9.47 Å². The second-order valence-corrected chi connectivity index (χ2v) is 9.70. The molecule has 1 saturated carbocycles. The first-order chi connectivity index (χ1) is 14.2. The van der Waals surface area contributed by atoms with Crippen molar-refractivity contribution in [1.29, 1.82) is 0 Å². The van der Waals surface area contributed by atoms with Crippen LogP contribution in [-0.4, -0.2) is 25.2 Å². The molecule has 4 heteroatoms. The van der Waals surface area contributed by atoms with E-state index in [0.717, 1.165) is 32.1 Å². The molecule has 4 bridgehead atoms. The second kappa shape index (κ2) is 10.5. The SMILES string of the molecule is C=C(C)C(=O)OCC1CC2CC(C1)C1C=C2CC(C)(COC(=O)C(=C)C)CC1.CC. The van der Waals surface area contributed by atoms with Gasteiger partial charge in [0.2, 0.25) is 0 Å². The van der Waals surface area contributed by atoms with E-state index in [4.69, 9.17) is 9.47 Å². The van der Waals surface area contributed by atoms with Gasteiger partial charge in [-0.3, -0.25) is 0 Å². The van der Waals surface area contributed by atoms with Crippen LogP contribution < -0.4 is 0 Å². The Hall–Kier alpha value is -1.84. The topological polar surface area (TPSA) is 52.6 Å². The summed E-state index contributed by atoms with van der Waals surface area (Å²) in [5.74, 6) is 1.71. The van der Waals surface area contributed by atoms with Crippen molar-refractivity contribution >= 4 is 11.9 Å². The van der Waals surface area contributed by atoms with Crippen molar-refractivity contribution < 1.29 is 19.1 Å². The van der Waals surface area contributed by atoms with Crippen molar-refractivity contribution in [2.24, 2.45) is 29.1 Å². The maximum Gasteiger partial charge on any atom is 0.333 e. The maximum absolute atomic E-state index is 11.9.